The molecule has 0 radical (unpaired) electrons. The number of thiophene rings is 1. The molecule has 200 valence electrons. The molecule has 4 amide bonds. The number of sulfonamides is 1. The first-order valence-corrected chi connectivity index (χ1v) is 13.1. The average molecular weight is 591 g/mol. The Morgan fingerprint density at radius 3 is 2.39 bits per heavy atom. The number of nitrogens with zero attached hydrogens (tertiary/aromatic N) is 1. The molecule has 0 saturated heterocycles. The summed E-state index contributed by atoms with van der Waals surface area (Å²) in [6.07, 6.45) is -4.85. The molecule has 0 bridgehead atoms. The van der Waals surface area contributed by atoms with Gasteiger partial charge >= 0.3 is 12.2 Å². The Hall–Kier alpha value is -3.69. The Balaban J connectivity index is 1.49. The predicted octanol–water partition coefficient (Wildman–Crippen LogP) is 4.75. The number of hydrogen-bond donors (Lipinski definition) is 3. The first-order valence-electron chi connectivity index (χ1n) is 10.4. The van der Waals surface area contributed by atoms with Gasteiger partial charge in [-0.15, -0.1) is 11.3 Å². The molecule has 38 heavy (non-hydrogen) atoms. The lowest BCUT2D eigenvalue weighted by molar-refractivity contribution is -0.118. The first-order chi connectivity index (χ1) is 17.7. The third kappa shape index (κ3) is 6.06. The summed E-state index contributed by atoms with van der Waals surface area (Å²) in [6.45, 7) is -1.31. The first kappa shape index (κ1) is 27.3. The molecule has 1 aromatic heterocycles. The maximum absolute atomic E-state index is 14.9. The number of carbonyl (C=O) groups excluding carboxylic acids is 3. The van der Waals surface area contributed by atoms with Crippen molar-refractivity contribution in [2.45, 2.75) is 16.8 Å². The highest BCUT2D eigenvalue weighted by Gasteiger charge is 2.34. The Morgan fingerprint density at radius 1 is 1.05 bits per heavy atom. The molecule has 0 saturated carbocycles. The second-order valence-electron chi connectivity index (χ2n) is 7.84. The van der Waals surface area contributed by atoms with E-state index >= 15 is 0 Å². The largest absolute Gasteiger partial charge is 0.405 e. The Kier molecular flexibility index (Phi) is 7.36. The van der Waals surface area contributed by atoms with E-state index in [4.69, 9.17) is 11.6 Å². The summed E-state index contributed by atoms with van der Waals surface area (Å²) in [5.41, 5.74) is -0.383. The molecular formula is C22H15ClF4N4O5S2. The summed E-state index contributed by atoms with van der Waals surface area (Å²) in [6, 6.07) is 8.01. The highest BCUT2D eigenvalue weighted by molar-refractivity contribution is 7.92. The number of anilines is 3. The molecular weight excluding hydrogens is 576 g/mol. The molecule has 2 heterocycles. The molecule has 2 aromatic carbocycles. The fourth-order valence-corrected chi connectivity index (χ4v) is 5.91. The van der Waals surface area contributed by atoms with E-state index in [9.17, 15) is 40.4 Å². The van der Waals surface area contributed by atoms with Crippen LogP contribution in [0.2, 0.25) is 4.34 Å². The standard InChI is InChI=1S/C22H15ClF4N4O5S2/c23-17-5-6-19(37-17)38(35,36)30-21(34)29-13-2-4-16(15(24)9-13)31-18(32)8-11-7-12(28-10-22(25,26)27)1-3-14(11)20(31)33/h1-7,9,28H,8,10H2,(H2,29,30,34). The van der Waals surface area contributed by atoms with Gasteiger partial charge in [-0.1, -0.05) is 11.6 Å². The zero-order valence-corrected chi connectivity index (χ0v) is 21.1. The normalized spacial score (nSPS) is 13.8. The van der Waals surface area contributed by atoms with Gasteiger partial charge in [-0.2, -0.15) is 13.2 Å². The minimum Gasteiger partial charge on any atom is -0.376 e. The maximum Gasteiger partial charge on any atom is 0.405 e. The summed E-state index contributed by atoms with van der Waals surface area (Å²) in [7, 11) is -4.23. The minimum absolute atomic E-state index is 0.00188. The van der Waals surface area contributed by atoms with Crippen LogP contribution in [-0.4, -0.2) is 39.0 Å². The smallest absolute Gasteiger partial charge is 0.376 e. The van der Waals surface area contributed by atoms with Crippen LogP contribution in [0.5, 0.6) is 0 Å². The monoisotopic (exact) mass is 590 g/mol. The molecule has 4 rings (SSSR count). The van der Waals surface area contributed by atoms with Gasteiger partial charge in [0.2, 0.25) is 5.91 Å². The molecule has 3 N–H and O–H groups in total. The van der Waals surface area contributed by atoms with E-state index in [1.807, 2.05) is 0 Å². The Labute approximate surface area is 221 Å². The van der Waals surface area contributed by atoms with E-state index in [0.717, 1.165) is 29.5 Å². The van der Waals surface area contributed by atoms with Crippen molar-refractivity contribution < 1.29 is 40.4 Å². The molecule has 16 heteroatoms. The van der Waals surface area contributed by atoms with Gasteiger partial charge in [-0.3, -0.25) is 9.59 Å². The van der Waals surface area contributed by atoms with E-state index in [1.54, 1.807) is 4.72 Å². The lowest BCUT2D eigenvalue weighted by Crippen LogP contribution is -2.43. The highest BCUT2D eigenvalue weighted by atomic mass is 35.5. The molecule has 1 aliphatic heterocycles. The number of amides is 4. The fourth-order valence-electron chi connectivity index (χ4n) is 3.52. The molecule has 1 aliphatic rings. The van der Waals surface area contributed by atoms with Gasteiger partial charge in [-0.05, 0) is 54.1 Å². The van der Waals surface area contributed by atoms with E-state index < -0.39 is 52.1 Å². The minimum atomic E-state index is -4.47. The quantitative estimate of drug-likeness (QED) is 0.281. The van der Waals surface area contributed by atoms with Crippen molar-refractivity contribution >= 4 is 67.9 Å². The van der Waals surface area contributed by atoms with Gasteiger partial charge < -0.3 is 10.6 Å². The van der Waals surface area contributed by atoms with Crippen molar-refractivity contribution in [1.82, 2.24) is 4.72 Å². The molecule has 9 nitrogen and oxygen atoms in total. The molecule has 0 spiro atoms. The number of benzene rings is 2. The van der Waals surface area contributed by atoms with Crippen LogP contribution in [0.1, 0.15) is 15.9 Å². The van der Waals surface area contributed by atoms with Crippen LogP contribution in [-0.2, 0) is 21.2 Å². The number of nitrogens with one attached hydrogen (secondary N) is 3. The number of halogens is 5. The van der Waals surface area contributed by atoms with Crippen LogP contribution < -0.4 is 20.3 Å². The van der Waals surface area contributed by atoms with Crippen molar-refractivity contribution in [3.63, 3.8) is 0 Å². The van der Waals surface area contributed by atoms with Crippen LogP contribution >= 0.6 is 22.9 Å². The third-order valence-electron chi connectivity index (χ3n) is 5.11. The number of hydrogen-bond acceptors (Lipinski definition) is 7. The second kappa shape index (κ2) is 10.2. The van der Waals surface area contributed by atoms with E-state index in [2.05, 4.69) is 10.6 Å². The van der Waals surface area contributed by atoms with Crippen molar-refractivity contribution in [2.24, 2.45) is 0 Å². The average Bonchev–Trinajstić information content (AvgIpc) is 3.25. The molecule has 3 aromatic rings. The van der Waals surface area contributed by atoms with Gasteiger partial charge in [-0.25, -0.2) is 27.2 Å². The van der Waals surface area contributed by atoms with Crippen molar-refractivity contribution in [2.75, 3.05) is 22.1 Å². The van der Waals surface area contributed by atoms with E-state index in [-0.39, 0.29) is 37.5 Å². The van der Waals surface area contributed by atoms with Gasteiger partial charge in [0, 0.05) is 16.9 Å². The van der Waals surface area contributed by atoms with Crippen LogP contribution in [0.3, 0.4) is 0 Å². The summed E-state index contributed by atoms with van der Waals surface area (Å²) in [5, 5.41) is 4.30. The number of fused-ring (bicyclic) bond motifs is 1. The van der Waals surface area contributed by atoms with Crippen LogP contribution in [0.25, 0.3) is 0 Å². The lowest BCUT2D eigenvalue weighted by atomic mass is 9.97. The number of alkyl halides is 3. The van der Waals surface area contributed by atoms with Gasteiger partial charge in [0.05, 0.1) is 16.4 Å². The zero-order chi connectivity index (χ0) is 27.8. The lowest BCUT2D eigenvalue weighted by Gasteiger charge is -2.27. The van der Waals surface area contributed by atoms with Crippen LogP contribution in [0, 0.1) is 5.82 Å². The summed E-state index contributed by atoms with van der Waals surface area (Å²) in [5.74, 6) is -2.80. The maximum atomic E-state index is 14.9. The molecule has 0 fully saturated rings. The van der Waals surface area contributed by atoms with Crippen molar-refractivity contribution in [3.05, 3.63) is 69.8 Å². The highest BCUT2D eigenvalue weighted by Crippen LogP contribution is 2.31. The van der Waals surface area contributed by atoms with Gasteiger partial charge in [0.15, 0.2) is 0 Å². The number of imide groups is 1. The molecule has 0 atom stereocenters. The van der Waals surface area contributed by atoms with E-state index in [0.29, 0.717) is 4.90 Å². The van der Waals surface area contributed by atoms with E-state index in [1.165, 1.54) is 30.3 Å². The summed E-state index contributed by atoms with van der Waals surface area (Å²) >= 11 is 6.42. The summed E-state index contributed by atoms with van der Waals surface area (Å²) in [4.78, 5) is 38.4. The zero-order valence-electron chi connectivity index (χ0n) is 18.7. The third-order valence-corrected chi connectivity index (χ3v) is 8.16. The Bertz CT molecular complexity index is 1560. The Morgan fingerprint density at radius 2 is 1.76 bits per heavy atom. The van der Waals surface area contributed by atoms with Gasteiger partial charge in [0.25, 0.3) is 15.9 Å². The second-order valence-corrected chi connectivity index (χ2v) is 11.5. The van der Waals surface area contributed by atoms with Gasteiger partial charge in [0.1, 0.15) is 16.6 Å². The number of rotatable bonds is 6. The summed E-state index contributed by atoms with van der Waals surface area (Å²) < 4.78 is 78.4. The number of urea groups is 1. The molecule has 0 unspecified atom stereocenters. The number of carbonyl (C=O) groups is 3. The van der Waals surface area contributed by atoms with Crippen LogP contribution in [0.4, 0.5) is 39.4 Å². The predicted molar refractivity (Wildman–Crippen MR) is 132 cm³/mol. The molecule has 0 aliphatic carbocycles. The topological polar surface area (TPSA) is 125 Å². The SMILES string of the molecule is O=C(Nc1ccc(N2C(=O)Cc3cc(NCC(F)(F)F)ccc3C2=O)c(F)c1)NS(=O)(=O)c1ccc(Cl)s1. The van der Waals surface area contributed by atoms with Crippen LogP contribution in [0.15, 0.2) is 52.7 Å². The van der Waals surface area contributed by atoms with Crippen molar-refractivity contribution in [1.29, 1.82) is 0 Å². The van der Waals surface area contributed by atoms with Crippen molar-refractivity contribution in [3.8, 4) is 0 Å². The fraction of sp³-hybridized carbons (Fsp3) is 0.136.